The number of nitrogens with zero attached hydrogens (tertiary/aromatic N) is 2. The minimum absolute atomic E-state index is 0.215. The van der Waals surface area contributed by atoms with Gasteiger partial charge in [-0.1, -0.05) is 57.9 Å². The van der Waals surface area contributed by atoms with Crippen molar-refractivity contribution in [3.63, 3.8) is 0 Å². The van der Waals surface area contributed by atoms with Gasteiger partial charge in [0.25, 0.3) is 5.91 Å². The number of benzene rings is 2. The van der Waals surface area contributed by atoms with Gasteiger partial charge in [-0.3, -0.25) is 4.79 Å². The summed E-state index contributed by atoms with van der Waals surface area (Å²) < 4.78 is 9.08. The minimum Gasteiger partial charge on any atom is -0.494 e. The van der Waals surface area contributed by atoms with Crippen LogP contribution >= 0.6 is 11.3 Å². The SMILES string of the molecule is CCCCCOc1ccc(C(=O)N=c2sc3cc(C(C)C)ccc3n2CCC)cc1. The zero-order valence-corrected chi connectivity index (χ0v) is 19.3. The molecule has 1 heterocycles. The lowest BCUT2D eigenvalue weighted by Gasteiger charge is -2.06. The Hall–Kier alpha value is -2.40. The van der Waals surface area contributed by atoms with E-state index < -0.39 is 0 Å². The topological polar surface area (TPSA) is 43.6 Å². The molecule has 160 valence electrons. The molecule has 0 aliphatic rings. The lowest BCUT2D eigenvalue weighted by Crippen LogP contribution is -2.16. The van der Waals surface area contributed by atoms with E-state index in [1.165, 1.54) is 23.1 Å². The molecule has 5 heteroatoms. The Morgan fingerprint density at radius 2 is 1.83 bits per heavy atom. The average molecular weight is 425 g/mol. The second-order valence-electron chi connectivity index (χ2n) is 7.92. The molecule has 0 aliphatic carbocycles. The summed E-state index contributed by atoms with van der Waals surface area (Å²) in [6.45, 7) is 10.3. The number of fused-ring (bicyclic) bond motifs is 1. The maximum atomic E-state index is 12.8. The van der Waals surface area contributed by atoms with Crippen LogP contribution in [0.25, 0.3) is 10.2 Å². The van der Waals surface area contributed by atoms with Gasteiger partial charge in [-0.2, -0.15) is 4.99 Å². The van der Waals surface area contributed by atoms with Crippen LogP contribution < -0.4 is 9.54 Å². The van der Waals surface area contributed by atoms with Crippen molar-refractivity contribution in [2.75, 3.05) is 6.61 Å². The lowest BCUT2D eigenvalue weighted by atomic mass is 10.0. The molecule has 0 saturated carbocycles. The van der Waals surface area contributed by atoms with Crippen molar-refractivity contribution in [1.29, 1.82) is 0 Å². The Morgan fingerprint density at radius 3 is 2.50 bits per heavy atom. The highest BCUT2D eigenvalue weighted by Crippen LogP contribution is 2.24. The first-order valence-corrected chi connectivity index (χ1v) is 11.8. The van der Waals surface area contributed by atoms with Crippen LogP contribution in [0.5, 0.6) is 5.75 Å². The number of unbranched alkanes of at least 4 members (excludes halogenated alkanes) is 2. The first-order chi connectivity index (χ1) is 14.5. The number of thiazole rings is 1. The van der Waals surface area contributed by atoms with E-state index in [1.54, 1.807) is 23.5 Å². The van der Waals surface area contributed by atoms with Crippen LogP contribution in [0.4, 0.5) is 0 Å². The molecule has 30 heavy (non-hydrogen) atoms. The van der Waals surface area contributed by atoms with Crippen LogP contribution in [0.2, 0.25) is 0 Å². The van der Waals surface area contributed by atoms with Crippen molar-refractivity contribution in [3.05, 3.63) is 58.4 Å². The summed E-state index contributed by atoms with van der Waals surface area (Å²) in [5.74, 6) is 1.06. The van der Waals surface area contributed by atoms with Crippen LogP contribution in [0.15, 0.2) is 47.5 Å². The zero-order valence-electron chi connectivity index (χ0n) is 18.5. The third kappa shape index (κ3) is 5.39. The van der Waals surface area contributed by atoms with Gasteiger partial charge in [-0.25, -0.2) is 0 Å². The largest absolute Gasteiger partial charge is 0.494 e. The van der Waals surface area contributed by atoms with Gasteiger partial charge in [0.1, 0.15) is 5.75 Å². The van der Waals surface area contributed by atoms with Gasteiger partial charge in [-0.15, -0.1) is 0 Å². The van der Waals surface area contributed by atoms with Gasteiger partial charge in [0.2, 0.25) is 0 Å². The number of hydrogen-bond donors (Lipinski definition) is 0. The fourth-order valence-electron chi connectivity index (χ4n) is 3.36. The van der Waals surface area contributed by atoms with E-state index in [2.05, 4.69) is 55.5 Å². The van der Waals surface area contributed by atoms with E-state index >= 15 is 0 Å². The monoisotopic (exact) mass is 424 g/mol. The molecule has 0 radical (unpaired) electrons. The third-order valence-corrected chi connectivity index (χ3v) is 6.18. The molecular weight excluding hydrogens is 392 g/mol. The Labute approximate surface area is 183 Å². The van der Waals surface area contributed by atoms with E-state index in [0.717, 1.165) is 35.5 Å². The van der Waals surface area contributed by atoms with Crippen molar-refractivity contribution < 1.29 is 9.53 Å². The second-order valence-corrected chi connectivity index (χ2v) is 8.92. The van der Waals surface area contributed by atoms with Gasteiger partial charge in [-0.05, 0) is 60.7 Å². The van der Waals surface area contributed by atoms with E-state index in [9.17, 15) is 4.79 Å². The van der Waals surface area contributed by atoms with Crippen LogP contribution in [-0.2, 0) is 6.54 Å². The van der Waals surface area contributed by atoms with Gasteiger partial charge in [0.05, 0.1) is 16.8 Å². The summed E-state index contributed by atoms with van der Waals surface area (Å²) in [7, 11) is 0. The first-order valence-electron chi connectivity index (χ1n) is 11.0. The molecule has 0 spiro atoms. The summed E-state index contributed by atoms with van der Waals surface area (Å²) >= 11 is 1.59. The quantitative estimate of drug-likeness (QED) is 0.366. The van der Waals surface area contributed by atoms with Crippen LogP contribution in [0.1, 0.15) is 75.2 Å². The van der Waals surface area contributed by atoms with Crippen molar-refractivity contribution in [3.8, 4) is 5.75 Å². The van der Waals surface area contributed by atoms with Crippen LogP contribution in [0, 0.1) is 0 Å². The van der Waals surface area contributed by atoms with Crippen molar-refractivity contribution >= 4 is 27.5 Å². The molecule has 1 amide bonds. The molecule has 0 saturated heterocycles. The van der Waals surface area contributed by atoms with Gasteiger partial charge < -0.3 is 9.30 Å². The number of aromatic nitrogens is 1. The second kappa shape index (κ2) is 10.6. The van der Waals surface area contributed by atoms with E-state index in [0.29, 0.717) is 18.1 Å². The fourth-order valence-corrected chi connectivity index (χ4v) is 4.46. The molecule has 3 rings (SSSR count). The molecule has 0 unspecified atom stereocenters. The molecule has 2 aromatic carbocycles. The zero-order chi connectivity index (χ0) is 21.5. The van der Waals surface area contributed by atoms with Gasteiger partial charge >= 0.3 is 0 Å². The number of ether oxygens (including phenoxy) is 1. The van der Waals surface area contributed by atoms with Crippen LogP contribution in [0.3, 0.4) is 0 Å². The number of rotatable bonds is 9. The summed E-state index contributed by atoms with van der Waals surface area (Å²) in [4.78, 5) is 18.1. The highest BCUT2D eigenvalue weighted by atomic mass is 32.1. The number of amides is 1. The Bertz CT molecular complexity index is 1050. The van der Waals surface area contributed by atoms with E-state index in [1.807, 2.05) is 12.1 Å². The summed E-state index contributed by atoms with van der Waals surface area (Å²) in [5.41, 5.74) is 3.03. The normalized spacial score (nSPS) is 12.1. The third-order valence-electron chi connectivity index (χ3n) is 5.14. The molecule has 3 aromatic rings. The van der Waals surface area contributed by atoms with Gasteiger partial charge in [0, 0.05) is 12.1 Å². The first kappa shape index (κ1) is 22.3. The summed E-state index contributed by atoms with van der Waals surface area (Å²) in [6, 6.07) is 13.9. The fraction of sp³-hybridized carbons (Fsp3) is 0.440. The minimum atomic E-state index is -0.215. The predicted molar refractivity (Wildman–Crippen MR) is 126 cm³/mol. The Kier molecular flexibility index (Phi) is 7.86. The van der Waals surface area contributed by atoms with Crippen molar-refractivity contribution in [1.82, 2.24) is 4.57 Å². The molecule has 4 nitrogen and oxygen atoms in total. The van der Waals surface area contributed by atoms with Crippen LogP contribution in [-0.4, -0.2) is 17.1 Å². The van der Waals surface area contributed by atoms with Crippen molar-refractivity contribution in [2.24, 2.45) is 4.99 Å². The molecule has 0 fully saturated rings. The Morgan fingerprint density at radius 1 is 1.07 bits per heavy atom. The molecule has 1 aromatic heterocycles. The van der Waals surface area contributed by atoms with E-state index in [-0.39, 0.29) is 5.91 Å². The highest BCUT2D eigenvalue weighted by Gasteiger charge is 2.11. The number of aryl methyl sites for hydroxylation is 1. The average Bonchev–Trinajstić information content (AvgIpc) is 3.08. The molecule has 0 aliphatic heterocycles. The highest BCUT2D eigenvalue weighted by molar-refractivity contribution is 7.16. The number of carbonyl (C=O) groups is 1. The predicted octanol–water partition coefficient (Wildman–Crippen LogP) is 6.55. The summed E-state index contributed by atoms with van der Waals surface area (Å²) in [6.07, 6.45) is 4.38. The Balaban J connectivity index is 1.86. The van der Waals surface area contributed by atoms with E-state index in [4.69, 9.17) is 4.74 Å². The van der Waals surface area contributed by atoms with Crippen molar-refractivity contribution in [2.45, 2.75) is 65.8 Å². The lowest BCUT2D eigenvalue weighted by molar-refractivity contribution is 0.0998. The standard InChI is InChI=1S/C25H32N2O2S/c1-5-7-8-16-29-21-12-9-19(10-13-21)24(28)26-25-27(15-6-2)22-14-11-20(18(3)4)17-23(22)30-25/h9-14,17-18H,5-8,15-16H2,1-4H3. The molecule has 0 N–H and O–H groups in total. The number of carbonyl (C=O) groups excluding carboxylic acids is 1. The van der Waals surface area contributed by atoms with Gasteiger partial charge in [0.15, 0.2) is 4.80 Å². The maximum Gasteiger partial charge on any atom is 0.279 e. The molecule has 0 bridgehead atoms. The molecular formula is C25H32N2O2S. The molecule has 0 atom stereocenters. The smallest absolute Gasteiger partial charge is 0.279 e. The summed E-state index contributed by atoms with van der Waals surface area (Å²) in [5, 5.41) is 0. The maximum absolute atomic E-state index is 12.8. The number of hydrogen-bond acceptors (Lipinski definition) is 3.